The van der Waals surface area contributed by atoms with Gasteiger partial charge in [0.2, 0.25) is 0 Å². The van der Waals surface area contributed by atoms with E-state index in [0.29, 0.717) is 18.3 Å². The average Bonchev–Trinajstić information content (AvgIpc) is 3.14. The van der Waals surface area contributed by atoms with Crippen LogP contribution in [0.25, 0.3) is 0 Å². The number of carbonyl (C=O) groups is 2. The van der Waals surface area contributed by atoms with E-state index in [1.165, 1.54) is 10.5 Å². The van der Waals surface area contributed by atoms with Gasteiger partial charge in [0.15, 0.2) is 5.82 Å². The highest BCUT2D eigenvalue weighted by Crippen LogP contribution is 2.30. The van der Waals surface area contributed by atoms with Gasteiger partial charge in [-0.1, -0.05) is 45.0 Å². The molecule has 1 unspecified atom stereocenters. The molecule has 0 saturated carbocycles. The molecule has 8 heteroatoms. The number of urea groups is 1. The van der Waals surface area contributed by atoms with Crippen LogP contribution >= 0.6 is 0 Å². The van der Waals surface area contributed by atoms with Crippen LogP contribution in [-0.2, 0) is 23.4 Å². The SMILES string of the molecule is CCCn1nnnc1CN1C(=O)NC(C)(c2ccc(C(C)C)cc2)C1=O. The third-order valence-electron chi connectivity index (χ3n) is 4.77. The number of tetrazole rings is 1. The Morgan fingerprint density at radius 2 is 1.88 bits per heavy atom. The molecule has 0 bridgehead atoms. The maximum Gasteiger partial charge on any atom is 0.325 e. The third kappa shape index (κ3) is 3.07. The topological polar surface area (TPSA) is 93.0 Å². The number of carbonyl (C=O) groups excluding carboxylic acids is 2. The number of aryl methyl sites for hydroxylation is 1. The summed E-state index contributed by atoms with van der Waals surface area (Å²) in [6, 6.07) is 7.36. The third-order valence-corrected chi connectivity index (χ3v) is 4.77. The smallest absolute Gasteiger partial charge is 0.319 e. The summed E-state index contributed by atoms with van der Waals surface area (Å²) in [4.78, 5) is 26.7. The van der Waals surface area contributed by atoms with Gasteiger partial charge in [0.1, 0.15) is 5.54 Å². The fourth-order valence-corrected chi connectivity index (χ4v) is 3.10. The molecule has 26 heavy (non-hydrogen) atoms. The van der Waals surface area contributed by atoms with Gasteiger partial charge in [-0.15, -0.1) is 5.10 Å². The number of nitrogens with one attached hydrogen (secondary N) is 1. The van der Waals surface area contributed by atoms with Crippen LogP contribution in [0.2, 0.25) is 0 Å². The first-order chi connectivity index (χ1) is 12.4. The van der Waals surface area contributed by atoms with Crippen molar-refractivity contribution in [3.63, 3.8) is 0 Å². The standard InChI is InChI=1S/C18H24N6O2/c1-5-10-24-15(20-21-22-24)11-23-16(25)18(4,19-17(23)26)14-8-6-13(7-9-14)12(2)3/h6-9,12H,5,10-11H2,1-4H3,(H,19,26). The van der Waals surface area contributed by atoms with Gasteiger partial charge in [-0.2, -0.15) is 0 Å². The Morgan fingerprint density at radius 1 is 1.19 bits per heavy atom. The van der Waals surface area contributed by atoms with Gasteiger partial charge in [-0.05, 0) is 40.8 Å². The van der Waals surface area contributed by atoms with Crippen LogP contribution in [0.15, 0.2) is 24.3 Å². The summed E-state index contributed by atoms with van der Waals surface area (Å²) in [6.07, 6.45) is 0.859. The molecule has 2 heterocycles. The Labute approximate surface area is 152 Å². The molecule has 1 aliphatic rings. The van der Waals surface area contributed by atoms with Crippen molar-refractivity contribution < 1.29 is 9.59 Å². The maximum absolute atomic E-state index is 13.0. The molecule has 1 atom stereocenters. The zero-order chi connectivity index (χ0) is 18.9. The lowest BCUT2D eigenvalue weighted by molar-refractivity contribution is -0.131. The molecule has 0 aliphatic carbocycles. The molecule has 1 fully saturated rings. The Kier molecular flexibility index (Phi) is 4.76. The largest absolute Gasteiger partial charge is 0.325 e. The highest BCUT2D eigenvalue weighted by Gasteiger charge is 2.49. The number of imide groups is 1. The number of rotatable bonds is 6. The molecule has 1 aromatic heterocycles. The second-order valence-corrected chi connectivity index (χ2v) is 7.04. The first-order valence-corrected chi connectivity index (χ1v) is 8.86. The summed E-state index contributed by atoms with van der Waals surface area (Å²) >= 11 is 0. The van der Waals surface area contributed by atoms with Crippen LogP contribution < -0.4 is 5.32 Å². The van der Waals surface area contributed by atoms with Crippen LogP contribution in [0.1, 0.15) is 57.0 Å². The number of amides is 3. The molecule has 1 saturated heterocycles. The van der Waals surface area contributed by atoms with Crippen LogP contribution in [-0.4, -0.2) is 37.0 Å². The van der Waals surface area contributed by atoms with E-state index in [4.69, 9.17) is 0 Å². The van der Waals surface area contributed by atoms with Crippen molar-refractivity contribution in [3.05, 3.63) is 41.2 Å². The van der Waals surface area contributed by atoms with E-state index < -0.39 is 11.6 Å². The lowest BCUT2D eigenvalue weighted by Gasteiger charge is -2.22. The normalized spacial score (nSPS) is 20.1. The molecule has 1 aliphatic heterocycles. The quantitative estimate of drug-likeness (QED) is 0.801. The predicted octanol–water partition coefficient (Wildman–Crippen LogP) is 2.17. The minimum atomic E-state index is -1.09. The Hall–Kier alpha value is -2.77. The molecular formula is C18H24N6O2. The number of hydrogen-bond donors (Lipinski definition) is 1. The van der Waals surface area contributed by atoms with Crippen molar-refractivity contribution >= 4 is 11.9 Å². The fourth-order valence-electron chi connectivity index (χ4n) is 3.10. The summed E-state index contributed by atoms with van der Waals surface area (Å²) < 4.78 is 1.62. The number of nitrogens with zero attached hydrogens (tertiary/aromatic N) is 5. The van der Waals surface area contributed by atoms with Crippen molar-refractivity contribution in [2.45, 2.75) is 58.7 Å². The van der Waals surface area contributed by atoms with Crippen molar-refractivity contribution in [2.24, 2.45) is 0 Å². The number of aromatic nitrogens is 4. The van der Waals surface area contributed by atoms with E-state index in [-0.39, 0.29) is 12.5 Å². The first-order valence-electron chi connectivity index (χ1n) is 8.86. The van der Waals surface area contributed by atoms with Crippen LogP contribution in [0.5, 0.6) is 0 Å². The number of benzene rings is 1. The van der Waals surface area contributed by atoms with E-state index >= 15 is 0 Å². The van der Waals surface area contributed by atoms with Gasteiger partial charge < -0.3 is 5.32 Å². The van der Waals surface area contributed by atoms with Crippen LogP contribution in [0.4, 0.5) is 4.79 Å². The minimum Gasteiger partial charge on any atom is -0.319 e. The zero-order valence-corrected chi connectivity index (χ0v) is 15.6. The Morgan fingerprint density at radius 3 is 2.50 bits per heavy atom. The van der Waals surface area contributed by atoms with E-state index in [1.54, 1.807) is 11.6 Å². The average molecular weight is 356 g/mol. The first kappa shape index (κ1) is 18.0. The summed E-state index contributed by atoms with van der Waals surface area (Å²) in [5, 5.41) is 14.3. The molecule has 2 aromatic rings. The molecule has 138 valence electrons. The van der Waals surface area contributed by atoms with Crippen molar-refractivity contribution in [2.75, 3.05) is 0 Å². The van der Waals surface area contributed by atoms with Gasteiger partial charge in [0.05, 0.1) is 6.54 Å². The minimum absolute atomic E-state index is 0.0529. The highest BCUT2D eigenvalue weighted by molar-refractivity contribution is 6.07. The zero-order valence-electron chi connectivity index (χ0n) is 15.6. The molecule has 3 amide bonds. The summed E-state index contributed by atoms with van der Waals surface area (Å²) in [6.45, 7) is 8.66. The monoisotopic (exact) mass is 356 g/mol. The van der Waals surface area contributed by atoms with E-state index in [2.05, 4.69) is 34.7 Å². The summed E-state index contributed by atoms with van der Waals surface area (Å²) in [5.41, 5.74) is 0.857. The second-order valence-electron chi connectivity index (χ2n) is 7.04. The van der Waals surface area contributed by atoms with Gasteiger partial charge in [-0.25, -0.2) is 9.48 Å². The molecule has 1 N–H and O–H groups in total. The second kappa shape index (κ2) is 6.86. The van der Waals surface area contributed by atoms with Gasteiger partial charge in [0.25, 0.3) is 5.91 Å². The summed E-state index contributed by atoms with van der Waals surface area (Å²) in [5.74, 6) is 0.597. The summed E-state index contributed by atoms with van der Waals surface area (Å²) in [7, 11) is 0. The highest BCUT2D eigenvalue weighted by atomic mass is 16.2. The molecule has 0 spiro atoms. The van der Waals surface area contributed by atoms with E-state index in [9.17, 15) is 9.59 Å². The Bertz CT molecular complexity index is 813. The van der Waals surface area contributed by atoms with Crippen molar-refractivity contribution in [1.29, 1.82) is 0 Å². The molecule has 8 nitrogen and oxygen atoms in total. The van der Waals surface area contributed by atoms with Gasteiger partial charge in [-0.3, -0.25) is 9.69 Å². The molecular weight excluding hydrogens is 332 g/mol. The molecule has 1 aromatic carbocycles. The maximum atomic E-state index is 13.0. The van der Waals surface area contributed by atoms with Gasteiger partial charge >= 0.3 is 6.03 Å². The van der Waals surface area contributed by atoms with Gasteiger partial charge in [0, 0.05) is 6.54 Å². The van der Waals surface area contributed by atoms with Crippen molar-refractivity contribution in [1.82, 2.24) is 30.4 Å². The molecule has 3 rings (SSSR count). The Balaban J connectivity index is 1.84. The predicted molar refractivity (Wildman–Crippen MR) is 95.1 cm³/mol. The van der Waals surface area contributed by atoms with E-state index in [0.717, 1.165) is 12.0 Å². The van der Waals surface area contributed by atoms with Crippen LogP contribution in [0, 0.1) is 0 Å². The van der Waals surface area contributed by atoms with Crippen molar-refractivity contribution in [3.8, 4) is 0 Å². The fraction of sp³-hybridized carbons (Fsp3) is 0.500. The lowest BCUT2D eigenvalue weighted by atomic mass is 9.90. The molecule has 0 radical (unpaired) electrons. The number of hydrogen-bond acceptors (Lipinski definition) is 5. The van der Waals surface area contributed by atoms with E-state index in [1.807, 2.05) is 31.2 Å². The lowest BCUT2D eigenvalue weighted by Crippen LogP contribution is -2.40. The van der Waals surface area contributed by atoms with Crippen LogP contribution in [0.3, 0.4) is 0 Å².